The summed E-state index contributed by atoms with van der Waals surface area (Å²) >= 11 is 11.6. The number of nitrogens with zero attached hydrogens (tertiary/aromatic N) is 2. The highest BCUT2D eigenvalue weighted by Gasteiger charge is 2.45. The number of halogens is 3. The number of thiocarbonyl (C=S) groups is 1. The molecule has 1 saturated heterocycles. The summed E-state index contributed by atoms with van der Waals surface area (Å²) in [6, 6.07) is 13.7. The normalized spacial score (nSPS) is 15.3. The van der Waals surface area contributed by atoms with Crippen molar-refractivity contribution in [3.8, 4) is 0 Å². The average Bonchev–Trinajstić information content (AvgIpc) is 3.06. The number of aryl methyl sites for hydroxylation is 1. The lowest BCUT2D eigenvalue weighted by molar-refractivity contribution is -0.124. The molecular weight excluding hydrogens is 510 g/mol. The van der Waals surface area contributed by atoms with Crippen LogP contribution >= 0.6 is 23.8 Å². The molecule has 0 radical (unpaired) electrons. The van der Waals surface area contributed by atoms with Gasteiger partial charge in [-0.15, -0.1) is 0 Å². The largest absolute Gasteiger partial charge is 0.326 e. The second-order valence-corrected chi connectivity index (χ2v) is 8.76. The van der Waals surface area contributed by atoms with Gasteiger partial charge in [-0.25, -0.2) is 13.8 Å². The molecule has 1 aliphatic rings. The highest BCUT2D eigenvalue weighted by Crippen LogP contribution is 2.27. The molecule has 3 aromatic carbocycles. The lowest BCUT2D eigenvalue weighted by Gasteiger charge is -2.24. The van der Waals surface area contributed by atoms with Crippen LogP contribution in [0, 0.1) is 18.6 Å². The molecule has 0 bridgehead atoms. The molecule has 0 saturated carbocycles. The Morgan fingerprint density at radius 1 is 1.03 bits per heavy atom. The number of hydrazine groups is 1. The van der Waals surface area contributed by atoms with Crippen molar-refractivity contribution in [2.75, 3.05) is 10.2 Å². The third kappa shape index (κ3) is 5.34. The van der Waals surface area contributed by atoms with Crippen LogP contribution < -0.4 is 15.6 Å². The van der Waals surface area contributed by atoms with Gasteiger partial charge in [-0.3, -0.25) is 24.7 Å². The van der Waals surface area contributed by atoms with E-state index in [1.807, 2.05) is 6.92 Å². The molecular formula is C25H19ClF2N4O3S. The van der Waals surface area contributed by atoms with Gasteiger partial charge in [0.1, 0.15) is 17.7 Å². The summed E-state index contributed by atoms with van der Waals surface area (Å²) in [5.41, 5.74) is 3.99. The summed E-state index contributed by atoms with van der Waals surface area (Å²) in [6.45, 7) is 1.81. The molecule has 0 aliphatic carbocycles. The Morgan fingerprint density at radius 3 is 2.42 bits per heavy atom. The zero-order valence-corrected chi connectivity index (χ0v) is 20.4. The first-order valence-electron chi connectivity index (χ1n) is 10.7. The van der Waals surface area contributed by atoms with Crippen molar-refractivity contribution in [2.45, 2.75) is 19.4 Å². The van der Waals surface area contributed by atoms with Gasteiger partial charge >= 0.3 is 0 Å². The molecule has 4 rings (SSSR count). The van der Waals surface area contributed by atoms with E-state index in [1.165, 1.54) is 30.3 Å². The number of rotatable bonds is 6. The molecule has 184 valence electrons. The summed E-state index contributed by atoms with van der Waals surface area (Å²) in [4.78, 5) is 40.1. The van der Waals surface area contributed by atoms with Gasteiger partial charge in [-0.2, -0.15) is 0 Å². The van der Waals surface area contributed by atoms with Gasteiger partial charge in [-0.05, 0) is 79.3 Å². The summed E-state index contributed by atoms with van der Waals surface area (Å²) in [7, 11) is 0. The van der Waals surface area contributed by atoms with Crippen LogP contribution in [0.15, 0.2) is 66.7 Å². The summed E-state index contributed by atoms with van der Waals surface area (Å²) < 4.78 is 27.1. The Kier molecular flexibility index (Phi) is 7.27. The van der Waals surface area contributed by atoms with Crippen LogP contribution in [0.4, 0.5) is 20.2 Å². The Balaban J connectivity index is 1.60. The molecule has 36 heavy (non-hydrogen) atoms. The zero-order valence-electron chi connectivity index (χ0n) is 18.8. The topological polar surface area (TPSA) is 81.8 Å². The van der Waals surface area contributed by atoms with Crippen molar-refractivity contribution >= 4 is 58.0 Å². The minimum atomic E-state index is -1.22. The van der Waals surface area contributed by atoms with E-state index in [2.05, 4.69) is 10.7 Å². The van der Waals surface area contributed by atoms with Crippen LogP contribution in [-0.4, -0.2) is 33.9 Å². The predicted octanol–water partition coefficient (Wildman–Crippen LogP) is 4.60. The number of carbonyl (C=O) groups is 3. The Hall–Kier alpha value is -3.89. The lowest BCUT2D eigenvalue weighted by Crippen LogP contribution is -2.49. The first-order valence-corrected chi connectivity index (χ1v) is 11.5. The molecule has 1 atom stereocenters. The SMILES string of the molecule is Cc1ccc(NC(=O)CC2C(=O)N(c3ccc(F)cc3)C(=S)N2NC(=O)c2cccc(F)c2)cc1Cl. The van der Waals surface area contributed by atoms with Crippen molar-refractivity contribution in [3.05, 3.63) is 94.5 Å². The van der Waals surface area contributed by atoms with E-state index in [9.17, 15) is 23.2 Å². The maximum absolute atomic E-state index is 13.6. The molecule has 7 nitrogen and oxygen atoms in total. The second-order valence-electron chi connectivity index (χ2n) is 7.99. The molecule has 1 heterocycles. The van der Waals surface area contributed by atoms with E-state index in [-0.39, 0.29) is 22.8 Å². The quantitative estimate of drug-likeness (QED) is 0.457. The molecule has 0 aromatic heterocycles. The molecule has 11 heteroatoms. The Bertz CT molecular complexity index is 1370. The molecule has 1 unspecified atom stereocenters. The van der Waals surface area contributed by atoms with E-state index in [0.717, 1.165) is 33.7 Å². The fraction of sp³-hybridized carbons (Fsp3) is 0.120. The molecule has 3 amide bonds. The summed E-state index contributed by atoms with van der Waals surface area (Å²) in [5.74, 6) is -3.02. The minimum absolute atomic E-state index is 0.0111. The van der Waals surface area contributed by atoms with E-state index in [4.69, 9.17) is 23.8 Å². The first-order chi connectivity index (χ1) is 17.1. The molecule has 1 fully saturated rings. The highest BCUT2D eigenvalue weighted by atomic mass is 35.5. The van der Waals surface area contributed by atoms with Crippen LogP contribution in [0.1, 0.15) is 22.3 Å². The summed E-state index contributed by atoms with van der Waals surface area (Å²) in [6.07, 6.45) is -0.383. The molecule has 1 aliphatic heterocycles. The van der Waals surface area contributed by atoms with Crippen LogP contribution in [0.25, 0.3) is 0 Å². The van der Waals surface area contributed by atoms with Crippen LogP contribution in [0.3, 0.4) is 0 Å². The van der Waals surface area contributed by atoms with E-state index in [0.29, 0.717) is 10.7 Å². The van der Waals surface area contributed by atoms with Crippen molar-refractivity contribution in [3.63, 3.8) is 0 Å². The van der Waals surface area contributed by atoms with Crippen molar-refractivity contribution in [1.82, 2.24) is 10.4 Å². The van der Waals surface area contributed by atoms with Gasteiger partial charge in [0.15, 0.2) is 0 Å². The van der Waals surface area contributed by atoms with E-state index in [1.54, 1.807) is 18.2 Å². The monoisotopic (exact) mass is 528 g/mol. The summed E-state index contributed by atoms with van der Waals surface area (Å²) in [5, 5.41) is 4.07. The first kappa shape index (κ1) is 25.2. The maximum Gasteiger partial charge on any atom is 0.269 e. The Morgan fingerprint density at radius 2 is 1.75 bits per heavy atom. The number of hydrogen-bond donors (Lipinski definition) is 2. The van der Waals surface area contributed by atoms with Crippen molar-refractivity contribution < 1.29 is 23.2 Å². The highest BCUT2D eigenvalue weighted by molar-refractivity contribution is 7.80. The van der Waals surface area contributed by atoms with Crippen LogP contribution in [-0.2, 0) is 9.59 Å². The Labute approximate surface area is 215 Å². The minimum Gasteiger partial charge on any atom is -0.326 e. The van der Waals surface area contributed by atoms with Crippen LogP contribution in [0.5, 0.6) is 0 Å². The number of anilines is 2. The van der Waals surface area contributed by atoms with Gasteiger partial charge in [0.05, 0.1) is 12.1 Å². The fourth-order valence-corrected chi connectivity index (χ4v) is 4.14. The number of amides is 3. The fourth-order valence-electron chi connectivity index (χ4n) is 3.59. The number of nitrogens with one attached hydrogen (secondary N) is 2. The number of carbonyl (C=O) groups excluding carboxylic acids is 3. The molecule has 2 N–H and O–H groups in total. The van der Waals surface area contributed by atoms with Gasteiger partial charge in [0, 0.05) is 16.3 Å². The average molecular weight is 529 g/mol. The third-order valence-electron chi connectivity index (χ3n) is 5.44. The zero-order chi connectivity index (χ0) is 26.0. The maximum atomic E-state index is 13.6. The van der Waals surface area contributed by atoms with Crippen molar-refractivity contribution in [2.24, 2.45) is 0 Å². The van der Waals surface area contributed by atoms with E-state index >= 15 is 0 Å². The molecule has 3 aromatic rings. The van der Waals surface area contributed by atoms with Gasteiger partial charge in [0.2, 0.25) is 11.0 Å². The van der Waals surface area contributed by atoms with E-state index < -0.39 is 35.4 Å². The smallest absolute Gasteiger partial charge is 0.269 e. The number of benzene rings is 3. The number of hydrogen-bond acceptors (Lipinski definition) is 4. The second kappa shape index (κ2) is 10.4. The molecule has 0 spiro atoms. The van der Waals surface area contributed by atoms with Crippen molar-refractivity contribution in [1.29, 1.82) is 0 Å². The van der Waals surface area contributed by atoms with Gasteiger partial charge in [0.25, 0.3) is 11.8 Å². The third-order valence-corrected chi connectivity index (χ3v) is 6.23. The van der Waals surface area contributed by atoms with Crippen LogP contribution in [0.2, 0.25) is 5.02 Å². The predicted molar refractivity (Wildman–Crippen MR) is 135 cm³/mol. The standard InChI is InChI=1S/C25H19ClF2N4O3S/c1-14-5-8-18(12-20(14)26)29-22(33)13-21-24(35)31(19-9-6-16(27)7-10-19)25(36)32(21)30-23(34)15-3-2-4-17(28)11-15/h2-12,21H,13H2,1H3,(H,29,33)(H,30,34). The van der Waals surface area contributed by atoms with Gasteiger partial charge < -0.3 is 5.32 Å². The lowest BCUT2D eigenvalue weighted by atomic mass is 10.1. The van der Waals surface area contributed by atoms with Gasteiger partial charge in [-0.1, -0.05) is 23.7 Å².